The molecule has 0 radical (unpaired) electrons. The summed E-state index contributed by atoms with van der Waals surface area (Å²) in [4.78, 5) is 34.4. The first-order chi connectivity index (χ1) is 12.8. The van der Waals surface area contributed by atoms with Crippen LogP contribution in [0.25, 0.3) is 0 Å². The van der Waals surface area contributed by atoms with E-state index in [1.807, 2.05) is 32.8 Å². The lowest BCUT2D eigenvalue weighted by atomic mass is 10.1. The van der Waals surface area contributed by atoms with Crippen molar-refractivity contribution in [2.75, 3.05) is 46.2 Å². The van der Waals surface area contributed by atoms with Gasteiger partial charge in [-0.15, -0.1) is 11.3 Å². The molecule has 7 nitrogen and oxygen atoms in total. The third kappa shape index (κ3) is 5.77. The molecule has 0 unspecified atom stereocenters. The van der Waals surface area contributed by atoms with Gasteiger partial charge in [-0.2, -0.15) is 0 Å². The van der Waals surface area contributed by atoms with E-state index in [9.17, 15) is 9.59 Å². The average molecular weight is 391 g/mol. The number of methoxy groups -OCH3 is 1. The molecule has 2 aromatic rings. The van der Waals surface area contributed by atoms with Crippen LogP contribution in [0, 0.1) is 13.8 Å². The molecule has 0 bridgehead atoms. The molecular formula is C19H26N4O3S. The Bertz CT molecular complexity index is 785. The SMILES string of the molecule is COc1ccccc1C(=O)N(CCN(C)C)CC(=O)Nc1nc(C)c(C)s1. The number of aryl methyl sites for hydroxylation is 2. The van der Waals surface area contributed by atoms with Gasteiger partial charge >= 0.3 is 0 Å². The molecule has 0 spiro atoms. The summed E-state index contributed by atoms with van der Waals surface area (Å²) in [5.74, 6) is -0.0226. The first-order valence-electron chi connectivity index (χ1n) is 8.62. The number of nitrogens with zero attached hydrogens (tertiary/aromatic N) is 3. The van der Waals surface area contributed by atoms with Crippen molar-refractivity contribution in [2.24, 2.45) is 0 Å². The summed E-state index contributed by atoms with van der Waals surface area (Å²) in [6, 6.07) is 7.02. The highest BCUT2D eigenvalue weighted by Crippen LogP contribution is 2.22. The Morgan fingerprint density at radius 2 is 1.89 bits per heavy atom. The van der Waals surface area contributed by atoms with Crippen molar-refractivity contribution in [3.05, 3.63) is 40.4 Å². The van der Waals surface area contributed by atoms with Gasteiger partial charge in [0, 0.05) is 18.0 Å². The van der Waals surface area contributed by atoms with Crippen LogP contribution in [0.4, 0.5) is 5.13 Å². The predicted octanol–water partition coefficient (Wildman–Crippen LogP) is 2.41. The van der Waals surface area contributed by atoms with Crippen molar-refractivity contribution in [1.82, 2.24) is 14.8 Å². The van der Waals surface area contributed by atoms with Gasteiger partial charge in [-0.25, -0.2) is 4.98 Å². The van der Waals surface area contributed by atoms with Gasteiger partial charge in [0.05, 0.1) is 18.4 Å². The van der Waals surface area contributed by atoms with E-state index in [4.69, 9.17) is 4.74 Å². The van der Waals surface area contributed by atoms with Crippen LogP contribution in [-0.2, 0) is 4.79 Å². The Morgan fingerprint density at radius 1 is 1.19 bits per heavy atom. The van der Waals surface area contributed by atoms with Crippen molar-refractivity contribution >= 4 is 28.3 Å². The van der Waals surface area contributed by atoms with E-state index in [0.29, 0.717) is 29.5 Å². The molecule has 2 amide bonds. The number of thiazole rings is 1. The fraction of sp³-hybridized carbons (Fsp3) is 0.421. The number of anilines is 1. The summed E-state index contributed by atoms with van der Waals surface area (Å²) in [5.41, 5.74) is 1.33. The van der Waals surface area contributed by atoms with Crippen LogP contribution in [-0.4, -0.2) is 67.4 Å². The molecule has 146 valence electrons. The standard InChI is InChI=1S/C19H26N4O3S/c1-13-14(2)27-19(20-13)21-17(24)12-23(11-10-22(3)4)18(25)15-8-6-7-9-16(15)26-5/h6-9H,10-12H2,1-5H3,(H,20,21,24). The molecule has 2 rings (SSSR count). The van der Waals surface area contributed by atoms with Crippen molar-refractivity contribution < 1.29 is 14.3 Å². The molecule has 0 aliphatic heterocycles. The minimum atomic E-state index is -0.272. The highest BCUT2D eigenvalue weighted by atomic mass is 32.1. The largest absolute Gasteiger partial charge is 0.496 e. The fourth-order valence-electron chi connectivity index (χ4n) is 2.42. The maximum atomic E-state index is 13.0. The second-order valence-corrected chi connectivity index (χ2v) is 7.64. The zero-order chi connectivity index (χ0) is 20.0. The summed E-state index contributed by atoms with van der Waals surface area (Å²) < 4.78 is 5.29. The molecule has 1 heterocycles. The first kappa shape index (κ1) is 20.9. The lowest BCUT2D eigenvalue weighted by Crippen LogP contribution is -2.41. The normalized spacial score (nSPS) is 10.7. The average Bonchev–Trinajstić information content (AvgIpc) is 2.94. The van der Waals surface area contributed by atoms with Gasteiger partial charge in [-0.1, -0.05) is 12.1 Å². The van der Waals surface area contributed by atoms with Gasteiger partial charge in [0.2, 0.25) is 5.91 Å². The zero-order valence-corrected chi connectivity index (χ0v) is 17.2. The summed E-state index contributed by atoms with van der Waals surface area (Å²) in [6.07, 6.45) is 0. The molecule has 1 N–H and O–H groups in total. The molecule has 0 aliphatic rings. The Morgan fingerprint density at radius 3 is 2.48 bits per heavy atom. The lowest BCUT2D eigenvalue weighted by Gasteiger charge is -2.24. The van der Waals surface area contributed by atoms with Crippen LogP contribution >= 0.6 is 11.3 Å². The summed E-state index contributed by atoms with van der Waals surface area (Å²) >= 11 is 1.42. The smallest absolute Gasteiger partial charge is 0.258 e. The Balaban J connectivity index is 2.15. The number of amides is 2. The van der Waals surface area contributed by atoms with Gasteiger partial charge in [0.1, 0.15) is 12.3 Å². The van der Waals surface area contributed by atoms with Gasteiger partial charge < -0.3 is 19.9 Å². The lowest BCUT2D eigenvalue weighted by molar-refractivity contribution is -0.116. The molecular weight excluding hydrogens is 364 g/mol. The quantitative estimate of drug-likeness (QED) is 0.749. The van der Waals surface area contributed by atoms with E-state index >= 15 is 0 Å². The molecule has 0 saturated carbocycles. The van der Waals surface area contributed by atoms with Crippen molar-refractivity contribution in [2.45, 2.75) is 13.8 Å². The van der Waals surface area contributed by atoms with Crippen LogP contribution in [0.15, 0.2) is 24.3 Å². The highest BCUT2D eigenvalue weighted by Gasteiger charge is 2.22. The third-order valence-electron chi connectivity index (χ3n) is 4.05. The molecule has 0 aliphatic carbocycles. The second-order valence-electron chi connectivity index (χ2n) is 6.44. The maximum absolute atomic E-state index is 13.0. The maximum Gasteiger partial charge on any atom is 0.258 e. The summed E-state index contributed by atoms with van der Waals surface area (Å²) in [7, 11) is 5.37. The minimum absolute atomic E-state index is 0.0532. The monoisotopic (exact) mass is 390 g/mol. The highest BCUT2D eigenvalue weighted by molar-refractivity contribution is 7.15. The van der Waals surface area contributed by atoms with Gasteiger partial charge in [0.25, 0.3) is 5.91 Å². The number of benzene rings is 1. The van der Waals surface area contributed by atoms with Crippen molar-refractivity contribution in [3.8, 4) is 5.75 Å². The Hall–Kier alpha value is -2.45. The van der Waals surface area contributed by atoms with E-state index in [0.717, 1.165) is 10.6 Å². The van der Waals surface area contributed by atoms with E-state index in [1.54, 1.807) is 24.3 Å². The predicted molar refractivity (Wildman–Crippen MR) is 108 cm³/mol. The number of rotatable bonds is 8. The third-order valence-corrected chi connectivity index (χ3v) is 5.04. The topological polar surface area (TPSA) is 74.8 Å². The van der Waals surface area contributed by atoms with Crippen LogP contribution in [0.5, 0.6) is 5.75 Å². The van der Waals surface area contributed by atoms with Crippen LogP contribution in [0.2, 0.25) is 0 Å². The number of likely N-dealkylation sites (N-methyl/N-ethyl adjacent to an activating group) is 1. The second kappa shape index (κ2) is 9.48. The van der Waals surface area contributed by atoms with Gasteiger partial charge in [-0.3, -0.25) is 9.59 Å². The van der Waals surface area contributed by atoms with Crippen LogP contribution in [0.3, 0.4) is 0 Å². The number of para-hydroxylation sites is 1. The van der Waals surface area contributed by atoms with Gasteiger partial charge in [-0.05, 0) is 40.1 Å². The van der Waals surface area contributed by atoms with E-state index < -0.39 is 0 Å². The Kier molecular flexibility index (Phi) is 7.32. The molecule has 0 fully saturated rings. The number of ether oxygens (including phenoxy) is 1. The molecule has 1 aromatic heterocycles. The molecule has 8 heteroatoms. The van der Waals surface area contributed by atoms with Gasteiger partial charge in [0.15, 0.2) is 5.13 Å². The molecule has 0 atom stereocenters. The Labute approximate surface area is 164 Å². The number of carbonyl (C=O) groups excluding carboxylic acids is 2. The summed E-state index contributed by atoms with van der Waals surface area (Å²) in [5, 5.41) is 3.33. The number of nitrogens with one attached hydrogen (secondary N) is 1. The summed E-state index contributed by atoms with van der Waals surface area (Å²) in [6.45, 7) is 4.87. The number of hydrogen-bond donors (Lipinski definition) is 1. The van der Waals surface area contributed by atoms with Crippen LogP contribution in [0.1, 0.15) is 20.9 Å². The van der Waals surface area contributed by atoms with E-state index in [2.05, 4.69) is 10.3 Å². The van der Waals surface area contributed by atoms with Crippen molar-refractivity contribution in [1.29, 1.82) is 0 Å². The fourth-order valence-corrected chi connectivity index (χ4v) is 3.25. The molecule has 0 saturated heterocycles. The van der Waals surface area contributed by atoms with Crippen LogP contribution < -0.4 is 10.1 Å². The molecule has 1 aromatic carbocycles. The number of hydrogen-bond acceptors (Lipinski definition) is 6. The van der Waals surface area contributed by atoms with E-state index in [1.165, 1.54) is 23.3 Å². The minimum Gasteiger partial charge on any atom is -0.496 e. The number of aromatic nitrogens is 1. The molecule has 27 heavy (non-hydrogen) atoms. The zero-order valence-electron chi connectivity index (χ0n) is 16.4. The van der Waals surface area contributed by atoms with Crippen molar-refractivity contribution in [3.63, 3.8) is 0 Å². The number of carbonyl (C=O) groups is 2. The van der Waals surface area contributed by atoms with E-state index in [-0.39, 0.29) is 18.4 Å². The first-order valence-corrected chi connectivity index (χ1v) is 9.44.